The number of rotatable bonds is 8. The van der Waals surface area contributed by atoms with Gasteiger partial charge in [-0.2, -0.15) is 0 Å². The standard InChI is InChI=1S/C38H40N4O2/c1-25-35(31-9-5-7-11-33(31)39-25)37(27-13-17-29(43-3)18-14-27)41-21-23-42(24-22-41)38(28-15-19-30(44-4)20-16-28)36-26(2)40-34-12-8-6-10-32(34)36/h5-20,37-40H,21-24H2,1-4H3/t37-,38+. The Kier molecular flexibility index (Phi) is 7.62. The largest absolute Gasteiger partial charge is 0.497 e. The molecule has 4 aromatic carbocycles. The number of aromatic nitrogens is 2. The highest BCUT2D eigenvalue weighted by atomic mass is 16.5. The Balaban J connectivity index is 1.26. The van der Waals surface area contributed by atoms with Gasteiger partial charge in [-0.05, 0) is 61.4 Å². The van der Waals surface area contributed by atoms with Crippen molar-refractivity contribution in [1.29, 1.82) is 0 Å². The van der Waals surface area contributed by atoms with Gasteiger partial charge < -0.3 is 19.4 Å². The van der Waals surface area contributed by atoms with E-state index in [-0.39, 0.29) is 12.1 Å². The molecular weight excluding hydrogens is 544 g/mol. The van der Waals surface area contributed by atoms with Gasteiger partial charge in [-0.3, -0.25) is 9.80 Å². The molecule has 224 valence electrons. The predicted molar refractivity (Wildman–Crippen MR) is 179 cm³/mol. The summed E-state index contributed by atoms with van der Waals surface area (Å²) in [6.07, 6.45) is 0. The molecular formula is C38H40N4O2. The second-order valence-electron chi connectivity index (χ2n) is 11.8. The first-order valence-corrected chi connectivity index (χ1v) is 15.5. The van der Waals surface area contributed by atoms with Crippen LogP contribution in [0.25, 0.3) is 21.8 Å². The van der Waals surface area contributed by atoms with E-state index in [2.05, 4.69) is 131 Å². The Morgan fingerprint density at radius 2 is 0.886 bits per heavy atom. The van der Waals surface area contributed by atoms with Crippen LogP contribution in [0.1, 0.15) is 45.7 Å². The second-order valence-corrected chi connectivity index (χ2v) is 11.8. The number of piperazine rings is 1. The molecule has 2 N–H and O–H groups in total. The summed E-state index contributed by atoms with van der Waals surface area (Å²) in [7, 11) is 3.45. The molecule has 1 aliphatic heterocycles. The van der Waals surface area contributed by atoms with E-state index >= 15 is 0 Å². The van der Waals surface area contributed by atoms with E-state index in [9.17, 15) is 0 Å². The third-order valence-corrected chi connectivity index (χ3v) is 9.38. The molecule has 6 nitrogen and oxygen atoms in total. The van der Waals surface area contributed by atoms with Crippen LogP contribution in [0.4, 0.5) is 0 Å². The van der Waals surface area contributed by atoms with Crippen molar-refractivity contribution in [3.63, 3.8) is 0 Å². The maximum absolute atomic E-state index is 5.51. The molecule has 2 atom stereocenters. The van der Waals surface area contributed by atoms with E-state index < -0.39 is 0 Å². The molecule has 1 saturated heterocycles. The predicted octanol–water partition coefficient (Wildman–Crippen LogP) is 7.78. The number of aryl methyl sites for hydroxylation is 2. The highest BCUT2D eigenvalue weighted by molar-refractivity contribution is 5.86. The van der Waals surface area contributed by atoms with E-state index in [4.69, 9.17) is 9.47 Å². The summed E-state index contributed by atoms with van der Waals surface area (Å²) in [4.78, 5) is 12.6. The lowest BCUT2D eigenvalue weighted by Gasteiger charge is -2.43. The molecule has 0 radical (unpaired) electrons. The Hall–Kier alpha value is -4.52. The fourth-order valence-corrected chi connectivity index (χ4v) is 7.25. The maximum Gasteiger partial charge on any atom is 0.118 e. The first-order chi connectivity index (χ1) is 21.6. The van der Waals surface area contributed by atoms with Crippen LogP contribution in [-0.2, 0) is 0 Å². The SMILES string of the molecule is COc1ccc([C@H](c2c(C)[nH]c3ccccc23)N2CCN([C@@H](c3ccc(OC)cc3)c3c(C)[nH]c4ccccc34)CC2)cc1. The van der Waals surface area contributed by atoms with Gasteiger partial charge in [-0.15, -0.1) is 0 Å². The van der Waals surface area contributed by atoms with E-state index in [0.717, 1.165) is 37.7 Å². The molecule has 6 aromatic rings. The van der Waals surface area contributed by atoms with Gasteiger partial charge in [-0.1, -0.05) is 60.7 Å². The van der Waals surface area contributed by atoms with E-state index in [1.165, 1.54) is 55.4 Å². The van der Waals surface area contributed by atoms with Crippen LogP contribution < -0.4 is 9.47 Å². The Bertz CT molecular complexity index is 1740. The third kappa shape index (κ3) is 5.04. The molecule has 44 heavy (non-hydrogen) atoms. The fraction of sp³-hybridized carbons (Fsp3) is 0.263. The summed E-state index contributed by atoms with van der Waals surface area (Å²) >= 11 is 0. The number of nitrogens with one attached hydrogen (secondary N) is 2. The Labute approximate surface area is 259 Å². The lowest BCUT2D eigenvalue weighted by atomic mass is 9.92. The first-order valence-electron chi connectivity index (χ1n) is 15.5. The van der Waals surface area contributed by atoms with Gasteiger partial charge >= 0.3 is 0 Å². The molecule has 0 aliphatic carbocycles. The topological polar surface area (TPSA) is 56.5 Å². The van der Waals surface area contributed by atoms with Crippen LogP contribution >= 0.6 is 0 Å². The summed E-state index contributed by atoms with van der Waals surface area (Å²) in [5, 5.41) is 2.58. The lowest BCUT2D eigenvalue weighted by molar-refractivity contribution is 0.0902. The second kappa shape index (κ2) is 11.9. The molecule has 1 fully saturated rings. The number of aromatic amines is 2. The quantitative estimate of drug-likeness (QED) is 0.192. The Morgan fingerprint density at radius 1 is 0.523 bits per heavy atom. The lowest BCUT2D eigenvalue weighted by Crippen LogP contribution is -2.49. The summed E-state index contributed by atoms with van der Waals surface area (Å²) in [6.45, 7) is 8.21. The van der Waals surface area contributed by atoms with Gasteiger partial charge in [-0.25, -0.2) is 0 Å². The number of benzene rings is 4. The Morgan fingerprint density at radius 3 is 1.25 bits per heavy atom. The van der Waals surface area contributed by atoms with Crippen molar-refractivity contribution in [1.82, 2.24) is 19.8 Å². The van der Waals surface area contributed by atoms with Crippen LogP contribution in [-0.4, -0.2) is 60.2 Å². The average molecular weight is 585 g/mol. The minimum absolute atomic E-state index is 0.133. The van der Waals surface area contributed by atoms with Crippen LogP contribution in [0.15, 0.2) is 97.1 Å². The summed E-state index contributed by atoms with van der Waals surface area (Å²) in [5.74, 6) is 1.76. The number of fused-ring (bicyclic) bond motifs is 2. The van der Waals surface area contributed by atoms with Crippen molar-refractivity contribution in [3.05, 3.63) is 131 Å². The molecule has 0 amide bonds. The van der Waals surface area contributed by atoms with Crippen molar-refractivity contribution >= 4 is 21.8 Å². The zero-order valence-electron chi connectivity index (χ0n) is 25.9. The van der Waals surface area contributed by atoms with Crippen molar-refractivity contribution in [3.8, 4) is 11.5 Å². The molecule has 1 aliphatic rings. The summed E-state index contributed by atoms with van der Waals surface area (Å²) in [5.41, 5.74) is 10.1. The number of hydrogen-bond donors (Lipinski definition) is 2. The zero-order valence-corrected chi connectivity index (χ0v) is 25.9. The van der Waals surface area contributed by atoms with E-state index in [1.807, 2.05) is 0 Å². The van der Waals surface area contributed by atoms with Crippen molar-refractivity contribution in [2.75, 3.05) is 40.4 Å². The number of para-hydroxylation sites is 2. The third-order valence-electron chi connectivity index (χ3n) is 9.38. The molecule has 0 unspecified atom stereocenters. The number of nitrogens with zero attached hydrogens (tertiary/aromatic N) is 2. The molecule has 2 aromatic heterocycles. The van der Waals surface area contributed by atoms with Crippen molar-refractivity contribution in [2.24, 2.45) is 0 Å². The molecule has 0 bridgehead atoms. The molecule has 6 heteroatoms. The zero-order chi connectivity index (χ0) is 30.2. The van der Waals surface area contributed by atoms with Crippen LogP contribution in [0.5, 0.6) is 11.5 Å². The van der Waals surface area contributed by atoms with Gasteiger partial charge in [0.25, 0.3) is 0 Å². The molecule has 0 spiro atoms. The summed E-state index contributed by atoms with van der Waals surface area (Å²) < 4.78 is 11.0. The fourth-order valence-electron chi connectivity index (χ4n) is 7.25. The van der Waals surface area contributed by atoms with E-state index in [0.29, 0.717) is 0 Å². The highest BCUT2D eigenvalue weighted by Crippen LogP contribution is 2.40. The van der Waals surface area contributed by atoms with Gasteiger partial charge in [0.2, 0.25) is 0 Å². The number of methoxy groups -OCH3 is 2. The smallest absolute Gasteiger partial charge is 0.118 e. The molecule has 0 saturated carbocycles. The van der Waals surface area contributed by atoms with E-state index in [1.54, 1.807) is 14.2 Å². The minimum Gasteiger partial charge on any atom is -0.497 e. The van der Waals surface area contributed by atoms with Gasteiger partial charge in [0.15, 0.2) is 0 Å². The highest BCUT2D eigenvalue weighted by Gasteiger charge is 2.34. The number of ether oxygens (including phenoxy) is 2. The van der Waals surface area contributed by atoms with Gasteiger partial charge in [0.05, 0.1) is 26.3 Å². The first kappa shape index (κ1) is 28.3. The van der Waals surface area contributed by atoms with Crippen LogP contribution in [0.2, 0.25) is 0 Å². The average Bonchev–Trinajstić information content (AvgIpc) is 3.58. The van der Waals surface area contributed by atoms with Crippen LogP contribution in [0, 0.1) is 13.8 Å². The minimum atomic E-state index is 0.133. The summed E-state index contributed by atoms with van der Waals surface area (Å²) in [6, 6.07) is 34.9. The molecule has 3 heterocycles. The van der Waals surface area contributed by atoms with Crippen LogP contribution in [0.3, 0.4) is 0 Å². The number of hydrogen-bond acceptors (Lipinski definition) is 4. The normalized spacial score (nSPS) is 15.9. The number of H-pyrrole nitrogens is 2. The van der Waals surface area contributed by atoms with Gasteiger partial charge in [0, 0.05) is 70.5 Å². The van der Waals surface area contributed by atoms with Crippen molar-refractivity contribution < 1.29 is 9.47 Å². The maximum atomic E-state index is 5.51. The van der Waals surface area contributed by atoms with Gasteiger partial charge in [0.1, 0.15) is 11.5 Å². The monoisotopic (exact) mass is 584 g/mol. The van der Waals surface area contributed by atoms with Crippen molar-refractivity contribution in [2.45, 2.75) is 25.9 Å². The molecule has 7 rings (SSSR count).